The Morgan fingerprint density at radius 3 is 2.48 bits per heavy atom. The predicted molar refractivity (Wildman–Crippen MR) is 139 cm³/mol. The molecule has 1 N–H and O–H groups in total. The quantitative estimate of drug-likeness (QED) is 0.296. The second-order valence-corrected chi connectivity index (χ2v) is 9.32. The van der Waals surface area contributed by atoms with Crippen LogP contribution in [0.25, 0.3) is 22.3 Å². The number of benzene rings is 3. The van der Waals surface area contributed by atoms with Gasteiger partial charge in [-0.05, 0) is 42.3 Å². The highest BCUT2D eigenvalue weighted by Crippen LogP contribution is 2.29. The van der Waals surface area contributed by atoms with E-state index >= 15 is 0 Å². The highest BCUT2D eigenvalue weighted by molar-refractivity contribution is 9.10. The second-order valence-electron chi connectivity index (χ2n) is 8.40. The Balaban J connectivity index is 1.66. The van der Waals surface area contributed by atoms with Crippen molar-refractivity contribution >= 4 is 44.2 Å². The molecule has 168 valence electrons. The van der Waals surface area contributed by atoms with Crippen LogP contribution in [0, 0.1) is 5.92 Å². The van der Waals surface area contributed by atoms with E-state index in [1.165, 1.54) is 0 Å². The van der Waals surface area contributed by atoms with Gasteiger partial charge in [-0.25, -0.2) is 9.97 Å². The van der Waals surface area contributed by atoms with Crippen molar-refractivity contribution in [2.75, 3.05) is 23.3 Å². The first kappa shape index (κ1) is 22.9. The van der Waals surface area contributed by atoms with E-state index < -0.39 is 0 Å². The summed E-state index contributed by atoms with van der Waals surface area (Å²) in [6, 6.07) is 25.6. The Morgan fingerprint density at radius 1 is 0.970 bits per heavy atom. The van der Waals surface area contributed by atoms with Gasteiger partial charge in [0.2, 0.25) is 5.91 Å². The largest absolute Gasteiger partial charge is 0.355 e. The van der Waals surface area contributed by atoms with Gasteiger partial charge in [0.25, 0.3) is 0 Å². The van der Waals surface area contributed by atoms with Gasteiger partial charge in [0, 0.05) is 40.6 Å². The molecule has 0 saturated carbocycles. The Kier molecular flexibility index (Phi) is 7.35. The summed E-state index contributed by atoms with van der Waals surface area (Å²) in [5.74, 6) is 1.93. The molecule has 0 radical (unpaired) electrons. The number of nitrogens with zero attached hydrogens (tertiary/aromatic N) is 3. The number of rotatable bonds is 8. The zero-order chi connectivity index (χ0) is 23.2. The van der Waals surface area contributed by atoms with Crippen molar-refractivity contribution in [1.29, 1.82) is 0 Å². The molecule has 0 spiro atoms. The minimum Gasteiger partial charge on any atom is -0.355 e. The fourth-order valence-corrected chi connectivity index (χ4v) is 4.16. The first-order chi connectivity index (χ1) is 16.0. The lowest BCUT2D eigenvalue weighted by atomic mass is 10.1. The lowest BCUT2D eigenvalue weighted by Gasteiger charge is -2.27. The van der Waals surface area contributed by atoms with Crippen LogP contribution in [0.4, 0.5) is 11.5 Å². The summed E-state index contributed by atoms with van der Waals surface area (Å²) in [6.07, 6.45) is 0.367. The summed E-state index contributed by atoms with van der Waals surface area (Å²) >= 11 is 3.55. The second kappa shape index (κ2) is 10.6. The van der Waals surface area contributed by atoms with Gasteiger partial charge >= 0.3 is 0 Å². The number of nitrogens with one attached hydrogen (secondary N) is 1. The van der Waals surface area contributed by atoms with Crippen LogP contribution in [0.3, 0.4) is 0 Å². The smallest absolute Gasteiger partial charge is 0.226 e. The third-order valence-corrected chi connectivity index (χ3v) is 5.71. The monoisotopic (exact) mass is 502 g/mol. The van der Waals surface area contributed by atoms with E-state index in [1.807, 2.05) is 78.9 Å². The molecule has 0 fully saturated rings. The molecule has 0 atom stereocenters. The third-order valence-electron chi connectivity index (χ3n) is 5.22. The van der Waals surface area contributed by atoms with Crippen molar-refractivity contribution in [3.8, 4) is 11.4 Å². The summed E-state index contributed by atoms with van der Waals surface area (Å²) in [5, 5.41) is 3.97. The molecule has 33 heavy (non-hydrogen) atoms. The van der Waals surface area contributed by atoms with Crippen molar-refractivity contribution in [3.05, 3.63) is 83.3 Å². The minimum absolute atomic E-state index is 0.0134. The Bertz CT molecular complexity index is 1240. The number of anilines is 2. The van der Waals surface area contributed by atoms with Gasteiger partial charge in [-0.2, -0.15) is 0 Å². The molecule has 0 aliphatic heterocycles. The molecule has 0 unspecified atom stereocenters. The molecule has 1 heterocycles. The van der Waals surface area contributed by atoms with Crippen molar-refractivity contribution in [2.45, 2.75) is 20.3 Å². The number of fused-ring (bicyclic) bond motifs is 1. The predicted octanol–water partition coefficient (Wildman–Crippen LogP) is 6.55. The molecule has 0 saturated heterocycles. The summed E-state index contributed by atoms with van der Waals surface area (Å²) in [5.41, 5.74) is 2.64. The van der Waals surface area contributed by atoms with Crippen molar-refractivity contribution in [1.82, 2.24) is 9.97 Å². The third kappa shape index (κ3) is 5.96. The van der Waals surface area contributed by atoms with Gasteiger partial charge < -0.3 is 10.2 Å². The van der Waals surface area contributed by atoms with E-state index in [0.717, 1.165) is 39.0 Å². The maximum Gasteiger partial charge on any atom is 0.226 e. The van der Waals surface area contributed by atoms with Crippen LogP contribution in [-0.4, -0.2) is 29.0 Å². The highest BCUT2D eigenvalue weighted by Gasteiger charge is 2.18. The summed E-state index contributed by atoms with van der Waals surface area (Å²) in [6.45, 7) is 5.71. The highest BCUT2D eigenvalue weighted by atomic mass is 79.9. The number of hydrogen-bond acceptors (Lipinski definition) is 4. The molecule has 0 bridgehead atoms. The number of hydrogen-bond donors (Lipinski definition) is 1. The van der Waals surface area contributed by atoms with E-state index in [2.05, 4.69) is 40.0 Å². The number of aromatic nitrogens is 2. The van der Waals surface area contributed by atoms with Crippen molar-refractivity contribution in [2.24, 2.45) is 5.92 Å². The number of halogens is 1. The summed E-state index contributed by atoms with van der Waals surface area (Å²) in [4.78, 5) is 24.7. The Morgan fingerprint density at radius 2 is 1.73 bits per heavy atom. The fourth-order valence-electron chi connectivity index (χ4n) is 3.76. The summed E-state index contributed by atoms with van der Waals surface area (Å²) < 4.78 is 0.981. The first-order valence-corrected chi connectivity index (χ1v) is 11.9. The van der Waals surface area contributed by atoms with Crippen LogP contribution in [0.1, 0.15) is 20.3 Å². The molecule has 3 aromatic carbocycles. The molecular formula is C27H27BrN4O. The zero-order valence-corrected chi connectivity index (χ0v) is 20.4. The SMILES string of the molecule is CC(C)CN(CCC(=O)Nc1ccccc1)c1nc(-c2cccc(Br)c2)nc2ccccc12. The minimum atomic E-state index is -0.0134. The van der Waals surface area contributed by atoms with Crippen LogP contribution in [0.5, 0.6) is 0 Å². The van der Waals surface area contributed by atoms with Gasteiger partial charge in [-0.1, -0.05) is 72.2 Å². The Hall–Kier alpha value is -3.25. The number of carbonyl (C=O) groups excluding carboxylic acids is 1. The van der Waals surface area contributed by atoms with E-state index in [0.29, 0.717) is 24.7 Å². The lowest BCUT2D eigenvalue weighted by Crippen LogP contribution is -2.32. The molecular weight excluding hydrogens is 476 g/mol. The van der Waals surface area contributed by atoms with Gasteiger partial charge in [0.15, 0.2) is 5.82 Å². The normalized spacial score (nSPS) is 11.0. The molecule has 4 aromatic rings. The van der Waals surface area contributed by atoms with Crippen LogP contribution >= 0.6 is 15.9 Å². The molecule has 6 heteroatoms. The molecule has 4 rings (SSSR count). The standard InChI is InChI=1S/C27H27BrN4O/c1-19(2)18-32(16-15-25(33)29-22-11-4-3-5-12-22)27-23-13-6-7-14-24(23)30-26(31-27)20-9-8-10-21(28)17-20/h3-14,17,19H,15-16,18H2,1-2H3,(H,29,33). The average molecular weight is 503 g/mol. The lowest BCUT2D eigenvalue weighted by molar-refractivity contribution is -0.116. The van der Waals surface area contributed by atoms with Crippen LogP contribution in [0.2, 0.25) is 0 Å². The number of carbonyl (C=O) groups is 1. The molecule has 0 aliphatic rings. The van der Waals surface area contributed by atoms with Crippen LogP contribution in [0.15, 0.2) is 83.3 Å². The summed E-state index contributed by atoms with van der Waals surface area (Å²) in [7, 11) is 0. The maximum absolute atomic E-state index is 12.6. The Labute approximate surface area is 203 Å². The number of amides is 1. The fraction of sp³-hybridized carbons (Fsp3) is 0.222. The van der Waals surface area contributed by atoms with E-state index in [9.17, 15) is 4.79 Å². The van der Waals surface area contributed by atoms with E-state index in [-0.39, 0.29) is 5.91 Å². The van der Waals surface area contributed by atoms with E-state index in [1.54, 1.807) is 0 Å². The average Bonchev–Trinajstić information content (AvgIpc) is 2.81. The topological polar surface area (TPSA) is 58.1 Å². The molecule has 1 amide bonds. The molecule has 0 aliphatic carbocycles. The molecule has 1 aromatic heterocycles. The van der Waals surface area contributed by atoms with Gasteiger partial charge in [0.05, 0.1) is 5.52 Å². The van der Waals surface area contributed by atoms with Gasteiger partial charge in [0.1, 0.15) is 5.82 Å². The molecule has 5 nitrogen and oxygen atoms in total. The zero-order valence-electron chi connectivity index (χ0n) is 18.8. The maximum atomic E-state index is 12.6. The van der Waals surface area contributed by atoms with Gasteiger partial charge in [-0.15, -0.1) is 0 Å². The first-order valence-electron chi connectivity index (χ1n) is 11.1. The van der Waals surface area contributed by atoms with Crippen LogP contribution < -0.4 is 10.2 Å². The number of para-hydroxylation sites is 2. The van der Waals surface area contributed by atoms with Crippen molar-refractivity contribution < 1.29 is 4.79 Å². The van der Waals surface area contributed by atoms with E-state index in [4.69, 9.17) is 9.97 Å². The van der Waals surface area contributed by atoms with Crippen molar-refractivity contribution in [3.63, 3.8) is 0 Å². The van der Waals surface area contributed by atoms with Gasteiger partial charge in [-0.3, -0.25) is 4.79 Å². The van der Waals surface area contributed by atoms with Crippen LogP contribution in [-0.2, 0) is 4.79 Å².